The number of hydrogen-bond acceptors (Lipinski definition) is 5. The van der Waals surface area contributed by atoms with Gasteiger partial charge in [0.25, 0.3) is 0 Å². The summed E-state index contributed by atoms with van der Waals surface area (Å²) in [7, 11) is 0. The van der Waals surface area contributed by atoms with Crippen molar-refractivity contribution in [1.82, 2.24) is 14.9 Å². The molecule has 0 fully saturated rings. The number of benzene rings is 1. The molecule has 7 nitrogen and oxygen atoms in total. The Labute approximate surface area is 145 Å². The van der Waals surface area contributed by atoms with Gasteiger partial charge in [0.1, 0.15) is 19.3 Å². The number of carbonyl (C=O) groups excluding carboxylic acids is 1. The maximum Gasteiger partial charge on any atom is 0.348 e. The van der Waals surface area contributed by atoms with Gasteiger partial charge in [-0.15, -0.1) is 0 Å². The molecule has 132 valence electrons. The summed E-state index contributed by atoms with van der Waals surface area (Å²) in [4.78, 5) is 27.8. The van der Waals surface area contributed by atoms with E-state index in [1.807, 2.05) is 24.3 Å². The van der Waals surface area contributed by atoms with E-state index in [1.54, 1.807) is 19.9 Å². The van der Waals surface area contributed by atoms with E-state index in [-0.39, 0.29) is 18.6 Å². The molecule has 7 heteroatoms. The first-order valence-electron chi connectivity index (χ1n) is 8.23. The minimum atomic E-state index is -0.409. The second-order valence-electron chi connectivity index (χ2n) is 6.04. The molecule has 1 aromatic carbocycles. The maximum atomic E-state index is 12.1. The maximum absolute atomic E-state index is 12.1. The molecule has 0 bridgehead atoms. The van der Waals surface area contributed by atoms with E-state index < -0.39 is 5.69 Å². The van der Waals surface area contributed by atoms with Crippen LogP contribution in [0, 0.1) is 13.8 Å². The fraction of sp³-hybridized carbons (Fsp3) is 0.389. The molecule has 0 radical (unpaired) electrons. The molecule has 2 heterocycles. The zero-order valence-electron chi connectivity index (χ0n) is 14.3. The highest BCUT2D eigenvalue weighted by Crippen LogP contribution is 2.31. The molecule has 1 amide bonds. The van der Waals surface area contributed by atoms with Crippen LogP contribution < -0.4 is 20.5 Å². The summed E-state index contributed by atoms with van der Waals surface area (Å²) in [5, 5.41) is 2.81. The highest BCUT2D eigenvalue weighted by Gasteiger charge is 2.20. The lowest BCUT2D eigenvalue weighted by Crippen LogP contribution is -2.37. The summed E-state index contributed by atoms with van der Waals surface area (Å²) in [5.74, 6) is 1.23. The fourth-order valence-corrected chi connectivity index (χ4v) is 2.74. The third-order valence-electron chi connectivity index (χ3n) is 4.00. The van der Waals surface area contributed by atoms with E-state index in [4.69, 9.17) is 9.47 Å². The van der Waals surface area contributed by atoms with Crippen LogP contribution in [0.3, 0.4) is 0 Å². The first-order valence-corrected chi connectivity index (χ1v) is 8.23. The summed E-state index contributed by atoms with van der Waals surface area (Å²) >= 11 is 0. The summed E-state index contributed by atoms with van der Waals surface area (Å²) in [6, 6.07) is 9.29. The van der Waals surface area contributed by atoms with Crippen LogP contribution in [0.15, 0.2) is 35.1 Å². The molecule has 0 spiro atoms. The third kappa shape index (κ3) is 4.17. The number of para-hydroxylation sites is 2. The van der Waals surface area contributed by atoms with Crippen molar-refractivity contribution >= 4 is 5.91 Å². The number of aryl methyl sites for hydroxylation is 2. The Hall–Kier alpha value is -2.83. The van der Waals surface area contributed by atoms with Gasteiger partial charge < -0.3 is 14.8 Å². The Balaban J connectivity index is 1.48. The SMILES string of the molecule is Cc1cc(C)n(CC(=O)NCCC2COc3ccccc3O2)c(=O)n1. The standard InChI is InChI=1S/C18H21N3O4/c1-12-9-13(2)21(18(23)20-12)10-17(22)19-8-7-14-11-24-15-5-3-4-6-16(15)25-14/h3-6,9,14H,7-8,10-11H2,1-2H3,(H,19,22). The van der Waals surface area contributed by atoms with Gasteiger partial charge in [-0.25, -0.2) is 4.79 Å². The highest BCUT2D eigenvalue weighted by molar-refractivity contribution is 5.75. The van der Waals surface area contributed by atoms with Crippen LogP contribution in [0.1, 0.15) is 17.8 Å². The van der Waals surface area contributed by atoms with Crippen LogP contribution in [0.25, 0.3) is 0 Å². The van der Waals surface area contributed by atoms with Crippen molar-refractivity contribution in [2.75, 3.05) is 13.2 Å². The van der Waals surface area contributed by atoms with Gasteiger partial charge in [-0.2, -0.15) is 4.98 Å². The molecule has 0 aliphatic carbocycles. The molecule has 2 aromatic rings. The lowest BCUT2D eigenvalue weighted by atomic mass is 10.2. The fourth-order valence-electron chi connectivity index (χ4n) is 2.74. The smallest absolute Gasteiger partial charge is 0.348 e. The predicted octanol–water partition coefficient (Wildman–Crippen LogP) is 1.21. The normalized spacial score (nSPS) is 15.7. The lowest BCUT2D eigenvalue weighted by molar-refractivity contribution is -0.121. The van der Waals surface area contributed by atoms with Crippen molar-refractivity contribution < 1.29 is 14.3 Å². The molecule has 0 saturated carbocycles. The molecule has 1 aliphatic rings. The molecule has 25 heavy (non-hydrogen) atoms. The summed E-state index contributed by atoms with van der Waals surface area (Å²) in [5.41, 5.74) is 0.954. The number of nitrogens with zero attached hydrogens (tertiary/aromatic N) is 2. The zero-order valence-corrected chi connectivity index (χ0v) is 14.3. The van der Waals surface area contributed by atoms with E-state index in [1.165, 1.54) is 4.57 Å². The van der Waals surface area contributed by atoms with Crippen LogP contribution in [-0.4, -0.2) is 34.7 Å². The molecule has 0 saturated heterocycles. The van der Waals surface area contributed by atoms with Crippen molar-refractivity contribution in [3.05, 3.63) is 52.2 Å². The average Bonchev–Trinajstić information content (AvgIpc) is 2.58. The molecular weight excluding hydrogens is 322 g/mol. The zero-order chi connectivity index (χ0) is 17.8. The van der Waals surface area contributed by atoms with Gasteiger partial charge in [0, 0.05) is 24.4 Å². The van der Waals surface area contributed by atoms with E-state index in [9.17, 15) is 9.59 Å². The minimum absolute atomic E-state index is 0.0389. The van der Waals surface area contributed by atoms with Gasteiger partial charge in [0.15, 0.2) is 11.5 Å². The van der Waals surface area contributed by atoms with Crippen molar-refractivity contribution in [2.45, 2.75) is 32.9 Å². The van der Waals surface area contributed by atoms with E-state index >= 15 is 0 Å². The highest BCUT2D eigenvalue weighted by atomic mass is 16.6. The number of rotatable bonds is 5. The molecule has 1 aromatic heterocycles. The number of nitrogens with one attached hydrogen (secondary N) is 1. The Kier molecular flexibility index (Phi) is 5.02. The number of aromatic nitrogens is 2. The monoisotopic (exact) mass is 343 g/mol. The largest absolute Gasteiger partial charge is 0.486 e. The first-order chi connectivity index (χ1) is 12.0. The van der Waals surface area contributed by atoms with Crippen LogP contribution in [-0.2, 0) is 11.3 Å². The topological polar surface area (TPSA) is 82.5 Å². The Morgan fingerprint density at radius 2 is 2.08 bits per heavy atom. The number of carbonyl (C=O) groups is 1. The van der Waals surface area contributed by atoms with Crippen LogP contribution in [0.2, 0.25) is 0 Å². The van der Waals surface area contributed by atoms with Crippen molar-refractivity contribution in [2.24, 2.45) is 0 Å². The second-order valence-corrected chi connectivity index (χ2v) is 6.04. The van der Waals surface area contributed by atoms with Crippen LogP contribution in [0.5, 0.6) is 11.5 Å². The molecule has 3 rings (SSSR count). The number of amides is 1. The Morgan fingerprint density at radius 3 is 2.84 bits per heavy atom. The van der Waals surface area contributed by atoms with Crippen molar-refractivity contribution in [3.8, 4) is 11.5 Å². The number of ether oxygens (including phenoxy) is 2. The van der Waals surface area contributed by atoms with Crippen LogP contribution >= 0.6 is 0 Å². The third-order valence-corrected chi connectivity index (χ3v) is 4.00. The summed E-state index contributed by atoms with van der Waals surface area (Å²) in [6.07, 6.45) is 0.515. The molecular formula is C18H21N3O4. The van der Waals surface area contributed by atoms with E-state index in [0.717, 1.165) is 11.5 Å². The predicted molar refractivity (Wildman–Crippen MR) is 92.0 cm³/mol. The quantitative estimate of drug-likeness (QED) is 0.882. The van der Waals surface area contributed by atoms with Gasteiger partial charge >= 0.3 is 5.69 Å². The number of hydrogen-bond donors (Lipinski definition) is 1. The van der Waals surface area contributed by atoms with Gasteiger partial charge in [0.05, 0.1) is 0 Å². The van der Waals surface area contributed by atoms with Gasteiger partial charge in [-0.1, -0.05) is 12.1 Å². The average molecular weight is 343 g/mol. The summed E-state index contributed by atoms with van der Waals surface area (Å²) < 4.78 is 12.8. The molecule has 1 unspecified atom stereocenters. The summed E-state index contributed by atoms with van der Waals surface area (Å²) in [6.45, 7) is 4.40. The van der Waals surface area contributed by atoms with E-state index in [2.05, 4.69) is 10.3 Å². The second kappa shape index (κ2) is 7.38. The van der Waals surface area contributed by atoms with Gasteiger partial charge in [-0.3, -0.25) is 9.36 Å². The lowest BCUT2D eigenvalue weighted by Gasteiger charge is -2.26. The van der Waals surface area contributed by atoms with Crippen LogP contribution in [0.4, 0.5) is 0 Å². The molecule has 1 aliphatic heterocycles. The molecule has 1 atom stereocenters. The van der Waals surface area contributed by atoms with Crippen molar-refractivity contribution in [1.29, 1.82) is 0 Å². The van der Waals surface area contributed by atoms with Gasteiger partial charge in [0.2, 0.25) is 5.91 Å². The Morgan fingerprint density at radius 1 is 1.32 bits per heavy atom. The first kappa shape index (κ1) is 17.0. The van der Waals surface area contributed by atoms with Gasteiger partial charge in [-0.05, 0) is 32.0 Å². The van der Waals surface area contributed by atoms with E-state index in [0.29, 0.717) is 31.0 Å². The van der Waals surface area contributed by atoms with Crippen molar-refractivity contribution in [3.63, 3.8) is 0 Å². The Bertz CT molecular complexity index is 831. The minimum Gasteiger partial charge on any atom is -0.486 e. The molecule has 1 N–H and O–H groups in total. The number of fused-ring (bicyclic) bond motifs is 1.